The molecule has 2 aromatic rings. The van der Waals surface area contributed by atoms with Gasteiger partial charge in [-0.2, -0.15) is 5.10 Å². The number of aromatic nitrogens is 3. The second-order valence-corrected chi connectivity index (χ2v) is 7.03. The van der Waals surface area contributed by atoms with Crippen LogP contribution in [0.15, 0.2) is 24.3 Å². The van der Waals surface area contributed by atoms with Crippen LogP contribution in [-0.4, -0.2) is 44.6 Å². The van der Waals surface area contributed by atoms with Crippen molar-refractivity contribution in [3.05, 3.63) is 46.5 Å². The van der Waals surface area contributed by atoms with Crippen molar-refractivity contribution in [1.29, 1.82) is 0 Å². The molecule has 0 unspecified atom stereocenters. The lowest BCUT2D eigenvalue weighted by atomic mass is 9.96. The lowest BCUT2D eigenvalue weighted by molar-refractivity contribution is -0.129. The Labute approximate surface area is 157 Å². The summed E-state index contributed by atoms with van der Waals surface area (Å²) in [6.07, 6.45) is 1.68. The highest BCUT2D eigenvalue weighted by molar-refractivity contribution is 6.30. The fourth-order valence-electron chi connectivity index (χ4n) is 3.27. The molecular formula is C18H22ClN5O2. The van der Waals surface area contributed by atoms with Gasteiger partial charge < -0.3 is 10.6 Å². The molecule has 138 valence electrons. The van der Waals surface area contributed by atoms with Crippen LogP contribution in [0.4, 0.5) is 0 Å². The van der Waals surface area contributed by atoms with Gasteiger partial charge >= 0.3 is 0 Å². The number of nitrogens with two attached hydrogens (primary N) is 1. The second-order valence-electron chi connectivity index (χ2n) is 6.59. The normalized spacial score (nSPS) is 15.2. The molecule has 1 aliphatic heterocycles. The zero-order valence-electron chi connectivity index (χ0n) is 14.7. The zero-order chi connectivity index (χ0) is 18.7. The third kappa shape index (κ3) is 4.40. The number of primary amides is 1. The summed E-state index contributed by atoms with van der Waals surface area (Å²) in [5.41, 5.74) is 6.34. The maximum atomic E-state index is 11.5. The Balaban J connectivity index is 1.82. The van der Waals surface area contributed by atoms with E-state index in [9.17, 15) is 9.59 Å². The summed E-state index contributed by atoms with van der Waals surface area (Å²) in [5.74, 6) is 1.13. The molecule has 0 saturated carbocycles. The Morgan fingerprint density at radius 3 is 2.46 bits per heavy atom. The fraction of sp³-hybridized carbons (Fsp3) is 0.444. The number of likely N-dealkylation sites (tertiary alicyclic amines) is 1. The van der Waals surface area contributed by atoms with E-state index in [1.54, 1.807) is 6.92 Å². The number of hydrogen-bond acceptors (Lipinski definition) is 4. The maximum Gasteiger partial charge on any atom is 0.225 e. The summed E-state index contributed by atoms with van der Waals surface area (Å²) in [5, 5.41) is 5.17. The van der Waals surface area contributed by atoms with Gasteiger partial charge in [0.2, 0.25) is 11.8 Å². The monoisotopic (exact) mass is 375 g/mol. The smallest absolute Gasteiger partial charge is 0.225 e. The van der Waals surface area contributed by atoms with Gasteiger partial charge in [-0.3, -0.25) is 9.59 Å². The van der Waals surface area contributed by atoms with Crippen molar-refractivity contribution in [1.82, 2.24) is 19.7 Å². The molecule has 1 fully saturated rings. The van der Waals surface area contributed by atoms with E-state index in [0.29, 0.717) is 30.5 Å². The Morgan fingerprint density at radius 1 is 1.23 bits per heavy atom. The van der Waals surface area contributed by atoms with Gasteiger partial charge in [-0.1, -0.05) is 23.7 Å². The van der Waals surface area contributed by atoms with Gasteiger partial charge in [0.15, 0.2) is 5.82 Å². The molecule has 0 spiro atoms. The van der Waals surface area contributed by atoms with E-state index in [1.165, 1.54) is 0 Å². The van der Waals surface area contributed by atoms with E-state index in [-0.39, 0.29) is 18.2 Å². The highest BCUT2D eigenvalue weighted by Crippen LogP contribution is 2.27. The highest BCUT2D eigenvalue weighted by atomic mass is 35.5. The van der Waals surface area contributed by atoms with Crippen LogP contribution in [0.3, 0.4) is 0 Å². The number of carbonyl (C=O) groups is 2. The fourth-order valence-corrected chi connectivity index (χ4v) is 3.39. The Morgan fingerprint density at radius 2 is 1.88 bits per heavy atom. The number of hydrogen-bond donors (Lipinski definition) is 1. The maximum absolute atomic E-state index is 11.5. The zero-order valence-corrected chi connectivity index (χ0v) is 15.4. The highest BCUT2D eigenvalue weighted by Gasteiger charge is 2.27. The first-order valence-corrected chi connectivity index (χ1v) is 9.02. The molecule has 1 aliphatic rings. The van der Waals surface area contributed by atoms with Crippen molar-refractivity contribution in [3.8, 4) is 0 Å². The van der Waals surface area contributed by atoms with Gasteiger partial charge in [0.1, 0.15) is 5.82 Å². The van der Waals surface area contributed by atoms with Crippen LogP contribution in [0.1, 0.15) is 42.9 Å². The Hall–Kier alpha value is -2.41. The number of nitrogens with zero attached hydrogens (tertiary/aromatic N) is 4. The lowest BCUT2D eigenvalue weighted by Gasteiger charge is -2.30. The van der Waals surface area contributed by atoms with Crippen LogP contribution in [0.25, 0.3) is 0 Å². The van der Waals surface area contributed by atoms with Crippen molar-refractivity contribution in [2.24, 2.45) is 5.73 Å². The van der Waals surface area contributed by atoms with E-state index >= 15 is 0 Å². The number of benzene rings is 1. The molecule has 2 heterocycles. The van der Waals surface area contributed by atoms with E-state index < -0.39 is 5.91 Å². The largest absolute Gasteiger partial charge is 0.369 e. The number of piperidine rings is 1. The molecule has 2 N–H and O–H groups in total. The first kappa shape index (κ1) is 18.4. The van der Waals surface area contributed by atoms with Gasteiger partial charge in [0.25, 0.3) is 0 Å². The van der Waals surface area contributed by atoms with Crippen molar-refractivity contribution < 1.29 is 9.59 Å². The molecule has 8 heteroatoms. The predicted molar refractivity (Wildman–Crippen MR) is 97.7 cm³/mol. The predicted octanol–water partition coefficient (Wildman–Crippen LogP) is 1.73. The molecule has 2 amide bonds. The summed E-state index contributed by atoms with van der Waals surface area (Å²) in [4.78, 5) is 29.2. The third-order valence-corrected chi connectivity index (χ3v) is 4.88. The Bertz CT molecular complexity index is 794. The standard InChI is InChI=1S/C18H22ClN5O2/c1-12(25)23-8-6-14(7-9-23)18-21-17(10-16(20)26)22-24(18)11-13-2-4-15(19)5-3-13/h2-5,14H,6-11H2,1H3,(H2,20,26). The number of halogens is 1. The molecule has 1 aromatic heterocycles. The number of carbonyl (C=O) groups excluding carboxylic acids is 2. The van der Waals surface area contributed by atoms with Crippen LogP contribution in [0.5, 0.6) is 0 Å². The third-order valence-electron chi connectivity index (χ3n) is 4.63. The van der Waals surface area contributed by atoms with E-state index in [0.717, 1.165) is 24.2 Å². The first-order chi connectivity index (χ1) is 12.4. The van der Waals surface area contributed by atoms with Gasteiger partial charge in [0.05, 0.1) is 13.0 Å². The molecule has 0 aliphatic carbocycles. The average molecular weight is 376 g/mol. The van der Waals surface area contributed by atoms with E-state index in [2.05, 4.69) is 10.1 Å². The minimum absolute atomic E-state index is 0.0207. The summed E-state index contributed by atoms with van der Waals surface area (Å²) in [6.45, 7) is 3.55. The van der Waals surface area contributed by atoms with E-state index in [1.807, 2.05) is 33.8 Å². The molecule has 0 atom stereocenters. The Kier molecular flexibility index (Phi) is 5.56. The lowest BCUT2D eigenvalue weighted by Crippen LogP contribution is -2.37. The summed E-state index contributed by atoms with van der Waals surface area (Å²) in [6, 6.07) is 7.56. The SMILES string of the molecule is CC(=O)N1CCC(c2nc(CC(N)=O)nn2Cc2ccc(Cl)cc2)CC1. The van der Waals surface area contributed by atoms with Crippen LogP contribution < -0.4 is 5.73 Å². The van der Waals surface area contributed by atoms with Crippen molar-refractivity contribution in [2.75, 3.05) is 13.1 Å². The summed E-state index contributed by atoms with van der Waals surface area (Å²) in [7, 11) is 0. The first-order valence-electron chi connectivity index (χ1n) is 8.64. The van der Waals surface area contributed by atoms with Crippen LogP contribution in [0, 0.1) is 0 Å². The van der Waals surface area contributed by atoms with Crippen LogP contribution in [-0.2, 0) is 22.6 Å². The van der Waals surface area contributed by atoms with Crippen molar-refractivity contribution in [2.45, 2.75) is 38.6 Å². The molecule has 3 rings (SSSR count). The van der Waals surface area contributed by atoms with Crippen LogP contribution in [0.2, 0.25) is 5.02 Å². The van der Waals surface area contributed by atoms with E-state index in [4.69, 9.17) is 17.3 Å². The number of amides is 2. The topological polar surface area (TPSA) is 94.1 Å². The molecular weight excluding hydrogens is 354 g/mol. The van der Waals surface area contributed by atoms with Gasteiger partial charge in [-0.25, -0.2) is 9.67 Å². The minimum Gasteiger partial charge on any atom is -0.369 e. The molecule has 1 aromatic carbocycles. The van der Waals surface area contributed by atoms with Gasteiger partial charge in [0, 0.05) is 31.0 Å². The summed E-state index contributed by atoms with van der Waals surface area (Å²) < 4.78 is 1.84. The van der Waals surface area contributed by atoms with Gasteiger partial charge in [-0.05, 0) is 30.5 Å². The quantitative estimate of drug-likeness (QED) is 0.861. The van der Waals surface area contributed by atoms with Gasteiger partial charge in [-0.15, -0.1) is 0 Å². The molecule has 0 radical (unpaired) electrons. The second kappa shape index (κ2) is 7.86. The summed E-state index contributed by atoms with van der Waals surface area (Å²) >= 11 is 5.95. The molecule has 7 nitrogen and oxygen atoms in total. The van der Waals surface area contributed by atoms with Crippen LogP contribution >= 0.6 is 11.6 Å². The van der Waals surface area contributed by atoms with Crippen molar-refractivity contribution in [3.63, 3.8) is 0 Å². The molecule has 0 bridgehead atoms. The average Bonchev–Trinajstić information content (AvgIpc) is 2.98. The van der Waals surface area contributed by atoms with Crippen molar-refractivity contribution >= 4 is 23.4 Å². The molecule has 1 saturated heterocycles. The number of rotatable bonds is 5. The minimum atomic E-state index is -0.452. The molecule has 26 heavy (non-hydrogen) atoms.